The fraction of sp³-hybridized carbons (Fsp3) is 0.385. The second-order valence-electron chi connectivity index (χ2n) is 4.96. The molecule has 0 aliphatic carbocycles. The van der Waals surface area contributed by atoms with E-state index in [-0.39, 0.29) is 19.0 Å². The Morgan fingerprint density at radius 1 is 1.43 bits per heavy atom. The Kier molecular flexibility index (Phi) is 5.34. The summed E-state index contributed by atoms with van der Waals surface area (Å²) in [6.45, 7) is 3.41. The number of halogens is 1. The number of nitro benzene ring substituents is 1. The lowest BCUT2D eigenvalue weighted by Crippen LogP contribution is -2.40. The largest absolute Gasteiger partial charge is 0.368 e. The summed E-state index contributed by atoms with van der Waals surface area (Å²) in [5.41, 5.74) is 4.16. The van der Waals surface area contributed by atoms with Gasteiger partial charge in [-0.15, -0.1) is 0 Å². The normalized spacial score (nSPS) is 10.5. The maximum absolute atomic E-state index is 13.3. The van der Waals surface area contributed by atoms with E-state index in [2.05, 4.69) is 0 Å². The molecule has 0 saturated carbocycles. The quantitative estimate of drug-likeness (QED) is 0.631. The van der Waals surface area contributed by atoms with Crippen molar-refractivity contribution in [1.82, 2.24) is 4.90 Å². The summed E-state index contributed by atoms with van der Waals surface area (Å²) in [5.74, 6) is -2.30. The summed E-state index contributed by atoms with van der Waals surface area (Å²) in [6.07, 6.45) is 0. The molecule has 0 aliphatic heterocycles. The maximum Gasteiger partial charge on any atom is 0.282 e. The van der Waals surface area contributed by atoms with Crippen LogP contribution in [0.5, 0.6) is 0 Å². The second-order valence-corrected chi connectivity index (χ2v) is 4.96. The van der Waals surface area contributed by atoms with Gasteiger partial charge >= 0.3 is 0 Å². The third kappa shape index (κ3) is 4.51. The lowest BCUT2D eigenvalue weighted by atomic mass is 10.1. The summed E-state index contributed by atoms with van der Waals surface area (Å²) in [4.78, 5) is 34.6. The molecule has 1 aromatic rings. The Hall–Kier alpha value is -2.51. The minimum Gasteiger partial charge on any atom is -0.368 e. The molecule has 0 spiro atoms. The molecule has 8 heteroatoms. The van der Waals surface area contributed by atoms with Crippen molar-refractivity contribution in [2.75, 3.05) is 13.1 Å². The molecule has 0 aliphatic rings. The first-order valence-corrected chi connectivity index (χ1v) is 6.24. The SMILES string of the molecule is CC(C)CN(CC(N)=O)C(=O)c1cc(F)ccc1[N+](=O)[O-]. The molecule has 114 valence electrons. The third-order valence-electron chi connectivity index (χ3n) is 2.61. The van der Waals surface area contributed by atoms with Crippen LogP contribution in [-0.2, 0) is 4.79 Å². The molecular formula is C13H16FN3O4. The van der Waals surface area contributed by atoms with E-state index < -0.39 is 33.8 Å². The van der Waals surface area contributed by atoms with Crippen molar-refractivity contribution in [3.63, 3.8) is 0 Å². The zero-order valence-corrected chi connectivity index (χ0v) is 11.7. The molecule has 0 fully saturated rings. The second kappa shape index (κ2) is 6.78. The predicted octanol–water partition coefficient (Wildman–Crippen LogP) is 1.32. The van der Waals surface area contributed by atoms with E-state index >= 15 is 0 Å². The molecule has 7 nitrogen and oxygen atoms in total. The van der Waals surface area contributed by atoms with Gasteiger partial charge in [-0.25, -0.2) is 4.39 Å². The van der Waals surface area contributed by atoms with Crippen molar-refractivity contribution >= 4 is 17.5 Å². The average molecular weight is 297 g/mol. The summed E-state index contributed by atoms with van der Waals surface area (Å²) in [6, 6.07) is 2.60. The van der Waals surface area contributed by atoms with Crippen LogP contribution in [-0.4, -0.2) is 34.7 Å². The zero-order valence-electron chi connectivity index (χ0n) is 11.7. The van der Waals surface area contributed by atoms with Gasteiger partial charge in [0.1, 0.15) is 11.4 Å². The summed E-state index contributed by atoms with van der Waals surface area (Å²) < 4.78 is 13.3. The number of amides is 2. The number of hydrogen-bond donors (Lipinski definition) is 1. The van der Waals surface area contributed by atoms with Crippen molar-refractivity contribution in [3.05, 3.63) is 39.7 Å². The summed E-state index contributed by atoms with van der Waals surface area (Å²) >= 11 is 0. The van der Waals surface area contributed by atoms with Crippen molar-refractivity contribution in [3.8, 4) is 0 Å². The van der Waals surface area contributed by atoms with Gasteiger partial charge in [0.15, 0.2) is 0 Å². The molecule has 0 aromatic heterocycles. The van der Waals surface area contributed by atoms with Crippen LogP contribution >= 0.6 is 0 Å². The van der Waals surface area contributed by atoms with Gasteiger partial charge in [0.2, 0.25) is 5.91 Å². The van der Waals surface area contributed by atoms with Crippen LogP contribution in [0, 0.1) is 21.8 Å². The van der Waals surface area contributed by atoms with Gasteiger partial charge in [-0.05, 0) is 18.1 Å². The van der Waals surface area contributed by atoms with E-state index in [4.69, 9.17) is 5.73 Å². The predicted molar refractivity (Wildman–Crippen MR) is 73.0 cm³/mol. The van der Waals surface area contributed by atoms with Gasteiger partial charge in [-0.3, -0.25) is 19.7 Å². The van der Waals surface area contributed by atoms with Crippen LogP contribution < -0.4 is 5.73 Å². The number of nitro groups is 1. The fourth-order valence-corrected chi connectivity index (χ4v) is 1.86. The van der Waals surface area contributed by atoms with Crippen molar-refractivity contribution in [1.29, 1.82) is 0 Å². The molecule has 2 amide bonds. The number of carbonyl (C=O) groups excluding carboxylic acids is 2. The number of carbonyl (C=O) groups is 2. The van der Waals surface area contributed by atoms with E-state index in [1.165, 1.54) is 0 Å². The van der Waals surface area contributed by atoms with E-state index in [1.54, 1.807) is 13.8 Å². The van der Waals surface area contributed by atoms with Crippen LogP contribution in [0.3, 0.4) is 0 Å². The Labute approximate surface area is 120 Å². The number of nitrogens with zero attached hydrogens (tertiary/aromatic N) is 2. The van der Waals surface area contributed by atoms with Gasteiger partial charge in [0.05, 0.1) is 11.5 Å². The number of hydrogen-bond acceptors (Lipinski definition) is 4. The van der Waals surface area contributed by atoms with Crippen LogP contribution in [0.15, 0.2) is 18.2 Å². The van der Waals surface area contributed by atoms with Crippen LogP contribution in [0.1, 0.15) is 24.2 Å². The van der Waals surface area contributed by atoms with Gasteiger partial charge in [0.25, 0.3) is 11.6 Å². The molecule has 0 heterocycles. The fourth-order valence-electron chi connectivity index (χ4n) is 1.86. The first-order chi connectivity index (χ1) is 9.72. The van der Waals surface area contributed by atoms with E-state index in [9.17, 15) is 24.1 Å². The maximum atomic E-state index is 13.3. The van der Waals surface area contributed by atoms with E-state index in [0.29, 0.717) is 0 Å². The Balaban J connectivity index is 3.21. The third-order valence-corrected chi connectivity index (χ3v) is 2.61. The smallest absolute Gasteiger partial charge is 0.282 e. The molecule has 0 unspecified atom stereocenters. The monoisotopic (exact) mass is 297 g/mol. The number of primary amides is 1. The molecular weight excluding hydrogens is 281 g/mol. The average Bonchev–Trinajstić information content (AvgIpc) is 2.35. The summed E-state index contributed by atoms with van der Waals surface area (Å²) in [5, 5.41) is 10.9. The molecule has 2 N–H and O–H groups in total. The summed E-state index contributed by atoms with van der Waals surface area (Å²) in [7, 11) is 0. The highest BCUT2D eigenvalue weighted by Crippen LogP contribution is 2.21. The number of benzene rings is 1. The van der Waals surface area contributed by atoms with Gasteiger partial charge in [-0.2, -0.15) is 0 Å². The van der Waals surface area contributed by atoms with Crippen LogP contribution in [0.4, 0.5) is 10.1 Å². The first-order valence-electron chi connectivity index (χ1n) is 6.24. The highest BCUT2D eigenvalue weighted by atomic mass is 19.1. The van der Waals surface area contributed by atoms with Crippen molar-refractivity contribution in [2.24, 2.45) is 11.7 Å². The molecule has 0 saturated heterocycles. The van der Waals surface area contributed by atoms with Crippen molar-refractivity contribution in [2.45, 2.75) is 13.8 Å². The molecule has 0 radical (unpaired) electrons. The van der Waals surface area contributed by atoms with E-state index in [1.807, 2.05) is 0 Å². The standard InChI is InChI=1S/C13H16FN3O4/c1-8(2)6-16(7-12(15)18)13(19)10-5-9(14)3-4-11(10)17(20)21/h3-5,8H,6-7H2,1-2H3,(H2,15,18). The molecule has 1 aromatic carbocycles. The Bertz CT molecular complexity index is 575. The van der Waals surface area contributed by atoms with Crippen molar-refractivity contribution < 1.29 is 18.9 Å². The molecule has 21 heavy (non-hydrogen) atoms. The topological polar surface area (TPSA) is 107 Å². The minimum atomic E-state index is -0.798. The lowest BCUT2D eigenvalue weighted by Gasteiger charge is -2.23. The highest BCUT2D eigenvalue weighted by Gasteiger charge is 2.26. The van der Waals surface area contributed by atoms with Crippen LogP contribution in [0.2, 0.25) is 0 Å². The Morgan fingerprint density at radius 3 is 2.52 bits per heavy atom. The minimum absolute atomic E-state index is 0.0147. The number of rotatable bonds is 6. The first kappa shape index (κ1) is 16.5. The lowest BCUT2D eigenvalue weighted by molar-refractivity contribution is -0.385. The zero-order chi connectivity index (χ0) is 16.2. The molecule has 0 atom stereocenters. The van der Waals surface area contributed by atoms with E-state index in [0.717, 1.165) is 23.1 Å². The molecule has 1 rings (SSSR count). The van der Waals surface area contributed by atoms with Crippen LogP contribution in [0.25, 0.3) is 0 Å². The van der Waals surface area contributed by atoms with Gasteiger partial charge in [-0.1, -0.05) is 13.8 Å². The number of nitrogens with two attached hydrogens (primary N) is 1. The Morgan fingerprint density at radius 2 is 2.05 bits per heavy atom. The van der Waals surface area contributed by atoms with Gasteiger partial charge in [0, 0.05) is 12.6 Å². The highest BCUT2D eigenvalue weighted by molar-refractivity contribution is 5.99. The molecule has 0 bridgehead atoms. The van der Waals surface area contributed by atoms with Gasteiger partial charge < -0.3 is 10.6 Å².